The van der Waals surface area contributed by atoms with E-state index in [1.54, 1.807) is 36.4 Å². The van der Waals surface area contributed by atoms with Crippen molar-refractivity contribution in [2.75, 3.05) is 0 Å². The first-order valence-electron chi connectivity index (χ1n) is 6.06. The van der Waals surface area contributed by atoms with Crippen molar-refractivity contribution in [3.63, 3.8) is 0 Å². The number of aliphatic hydroxyl groups excluding tert-OH is 1. The fourth-order valence-electron chi connectivity index (χ4n) is 2.35. The number of rotatable bonds is 1. The molecule has 2 N–H and O–H groups in total. The van der Waals surface area contributed by atoms with E-state index in [2.05, 4.69) is 0 Å². The lowest BCUT2D eigenvalue weighted by Crippen LogP contribution is -2.18. The molecule has 0 radical (unpaired) electrons. The van der Waals surface area contributed by atoms with Crippen molar-refractivity contribution in [1.29, 1.82) is 0 Å². The standard InChI is InChI=1S/C15H13ClO3/c16-10-4-5-14-12(7-10)13(18)8-15(19-14)9-2-1-3-11(17)6-9/h1-7,13,15,17-18H,8H2/t13-,15?/m0/s1. The summed E-state index contributed by atoms with van der Waals surface area (Å²) in [5.41, 5.74) is 1.56. The largest absolute Gasteiger partial charge is 0.508 e. The number of hydrogen-bond acceptors (Lipinski definition) is 3. The molecule has 19 heavy (non-hydrogen) atoms. The van der Waals surface area contributed by atoms with Crippen LogP contribution in [0.5, 0.6) is 11.5 Å². The summed E-state index contributed by atoms with van der Waals surface area (Å²) in [6, 6.07) is 12.1. The Labute approximate surface area is 116 Å². The average molecular weight is 277 g/mol. The fraction of sp³-hybridized carbons (Fsp3) is 0.200. The number of halogens is 1. The highest BCUT2D eigenvalue weighted by Crippen LogP contribution is 2.42. The number of fused-ring (bicyclic) bond motifs is 1. The van der Waals surface area contributed by atoms with Gasteiger partial charge >= 0.3 is 0 Å². The predicted molar refractivity (Wildman–Crippen MR) is 72.5 cm³/mol. The van der Waals surface area contributed by atoms with Crippen molar-refractivity contribution >= 4 is 11.6 Å². The van der Waals surface area contributed by atoms with E-state index in [0.717, 1.165) is 5.56 Å². The summed E-state index contributed by atoms with van der Waals surface area (Å²) in [4.78, 5) is 0. The third-order valence-corrected chi connectivity index (χ3v) is 3.51. The summed E-state index contributed by atoms with van der Waals surface area (Å²) in [5, 5.41) is 20.3. The quantitative estimate of drug-likeness (QED) is 0.837. The Morgan fingerprint density at radius 1 is 1.16 bits per heavy atom. The zero-order chi connectivity index (χ0) is 13.4. The highest BCUT2D eigenvalue weighted by atomic mass is 35.5. The molecular weight excluding hydrogens is 264 g/mol. The summed E-state index contributed by atoms with van der Waals surface area (Å²) in [6.45, 7) is 0. The topological polar surface area (TPSA) is 49.7 Å². The maximum Gasteiger partial charge on any atom is 0.127 e. The Hall–Kier alpha value is -1.71. The van der Waals surface area contributed by atoms with Crippen LogP contribution in [0.2, 0.25) is 5.02 Å². The summed E-state index contributed by atoms with van der Waals surface area (Å²) in [7, 11) is 0. The van der Waals surface area contributed by atoms with Crippen LogP contribution < -0.4 is 4.74 Å². The zero-order valence-corrected chi connectivity index (χ0v) is 10.8. The molecule has 0 saturated heterocycles. The highest BCUT2D eigenvalue weighted by Gasteiger charge is 2.28. The molecule has 0 spiro atoms. The van der Waals surface area contributed by atoms with E-state index in [1.165, 1.54) is 0 Å². The lowest BCUT2D eigenvalue weighted by Gasteiger charge is -2.30. The van der Waals surface area contributed by atoms with Crippen LogP contribution >= 0.6 is 11.6 Å². The van der Waals surface area contributed by atoms with E-state index in [-0.39, 0.29) is 11.9 Å². The lowest BCUT2D eigenvalue weighted by molar-refractivity contribution is 0.0656. The number of phenolic OH excluding ortho intramolecular Hbond substituents is 1. The second-order valence-electron chi connectivity index (χ2n) is 4.64. The van der Waals surface area contributed by atoms with Crippen LogP contribution in [0.25, 0.3) is 0 Å². The SMILES string of the molecule is Oc1cccc(C2C[C@H](O)c3cc(Cl)ccc3O2)c1. The van der Waals surface area contributed by atoms with Crippen molar-refractivity contribution in [2.24, 2.45) is 0 Å². The van der Waals surface area contributed by atoms with Crippen LogP contribution in [-0.2, 0) is 0 Å². The molecule has 0 aliphatic carbocycles. The molecule has 2 aromatic rings. The third kappa shape index (κ3) is 2.39. The van der Waals surface area contributed by atoms with Crippen LogP contribution in [0.4, 0.5) is 0 Å². The molecule has 1 aliphatic rings. The third-order valence-electron chi connectivity index (χ3n) is 3.28. The molecule has 3 nitrogen and oxygen atoms in total. The van der Waals surface area contributed by atoms with Crippen molar-refractivity contribution in [2.45, 2.75) is 18.6 Å². The van der Waals surface area contributed by atoms with Crippen molar-refractivity contribution < 1.29 is 14.9 Å². The first-order valence-corrected chi connectivity index (χ1v) is 6.44. The molecule has 1 unspecified atom stereocenters. The minimum atomic E-state index is -0.616. The summed E-state index contributed by atoms with van der Waals surface area (Å²) in [5.74, 6) is 0.828. The van der Waals surface area contributed by atoms with Crippen molar-refractivity contribution in [1.82, 2.24) is 0 Å². The maximum absolute atomic E-state index is 10.2. The number of aliphatic hydroxyl groups is 1. The number of benzene rings is 2. The molecule has 3 rings (SSSR count). The van der Waals surface area contributed by atoms with E-state index in [9.17, 15) is 10.2 Å². The maximum atomic E-state index is 10.2. The van der Waals surface area contributed by atoms with Gasteiger partial charge in [0.25, 0.3) is 0 Å². The monoisotopic (exact) mass is 276 g/mol. The van der Waals surface area contributed by atoms with Gasteiger partial charge < -0.3 is 14.9 Å². The Balaban J connectivity index is 1.95. The van der Waals surface area contributed by atoms with Gasteiger partial charge in [0.05, 0.1) is 6.10 Å². The van der Waals surface area contributed by atoms with Gasteiger partial charge in [-0.05, 0) is 35.9 Å². The Bertz CT molecular complexity index is 612. The molecule has 1 aliphatic heterocycles. The van der Waals surface area contributed by atoms with Crippen LogP contribution in [0.15, 0.2) is 42.5 Å². The molecular formula is C15H13ClO3. The van der Waals surface area contributed by atoms with Crippen LogP contribution in [0.1, 0.15) is 29.8 Å². The van der Waals surface area contributed by atoms with E-state index < -0.39 is 6.10 Å². The van der Waals surface area contributed by atoms with E-state index in [0.29, 0.717) is 22.8 Å². The normalized spacial score (nSPS) is 21.6. The molecule has 98 valence electrons. The minimum absolute atomic E-state index is 0.192. The van der Waals surface area contributed by atoms with E-state index in [1.807, 2.05) is 6.07 Å². The Morgan fingerprint density at radius 2 is 2.00 bits per heavy atom. The van der Waals surface area contributed by atoms with Gasteiger partial charge in [-0.25, -0.2) is 0 Å². The van der Waals surface area contributed by atoms with Gasteiger partial charge in [-0.1, -0.05) is 23.7 Å². The van der Waals surface area contributed by atoms with E-state index >= 15 is 0 Å². The first-order chi connectivity index (χ1) is 9.13. The molecule has 2 atom stereocenters. The molecule has 0 bridgehead atoms. The van der Waals surface area contributed by atoms with Gasteiger partial charge in [0.15, 0.2) is 0 Å². The second kappa shape index (κ2) is 4.76. The Morgan fingerprint density at radius 3 is 2.79 bits per heavy atom. The van der Waals surface area contributed by atoms with Gasteiger partial charge in [-0.15, -0.1) is 0 Å². The molecule has 2 aromatic carbocycles. The predicted octanol–water partition coefficient (Wildman–Crippen LogP) is 3.60. The summed E-state index contributed by atoms with van der Waals surface area (Å²) in [6.07, 6.45) is -0.442. The van der Waals surface area contributed by atoms with Gasteiger partial charge in [-0.3, -0.25) is 0 Å². The van der Waals surface area contributed by atoms with Gasteiger partial charge in [0.2, 0.25) is 0 Å². The van der Waals surface area contributed by atoms with E-state index in [4.69, 9.17) is 16.3 Å². The van der Waals surface area contributed by atoms with Crippen molar-refractivity contribution in [3.8, 4) is 11.5 Å². The van der Waals surface area contributed by atoms with Gasteiger partial charge in [-0.2, -0.15) is 0 Å². The first kappa shape index (κ1) is 12.3. The lowest BCUT2D eigenvalue weighted by atomic mass is 9.95. The summed E-state index contributed by atoms with van der Waals surface area (Å²) >= 11 is 5.92. The molecule has 0 fully saturated rings. The van der Waals surface area contributed by atoms with Crippen molar-refractivity contribution in [3.05, 3.63) is 58.6 Å². The number of hydrogen-bond donors (Lipinski definition) is 2. The number of phenols is 1. The molecule has 0 saturated carbocycles. The minimum Gasteiger partial charge on any atom is -0.508 e. The molecule has 4 heteroatoms. The molecule has 1 heterocycles. The number of aromatic hydroxyl groups is 1. The smallest absolute Gasteiger partial charge is 0.127 e. The molecule has 0 aromatic heterocycles. The Kier molecular flexibility index (Phi) is 3.09. The van der Waals surface area contributed by atoms with Gasteiger partial charge in [0, 0.05) is 17.0 Å². The second-order valence-corrected chi connectivity index (χ2v) is 5.07. The van der Waals surface area contributed by atoms with Gasteiger partial charge in [0.1, 0.15) is 17.6 Å². The molecule has 0 amide bonds. The van der Waals surface area contributed by atoms with Crippen LogP contribution in [-0.4, -0.2) is 10.2 Å². The number of ether oxygens (including phenoxy) is 1. The fourth-order valence-corrected chi connectivity index (χ4v) is 2.53. The average Bonchev–Trinajstić information content (AvgIpc) is 2.39. The van der Waals surface area contributed by atoms with Crippen LogP contribution in [0, 0.1) is 0 Å². The van der Waals surface area contributed by atoms with Crippen LogP contribution in [0.3, 0.4) is 0 Å². The zero-order valence-electron chi connectivity index (χ0n) is 10.1. The highest BCUT2D eigenvalue weighted by molar-refractivity contribution is 6.30. The summed E-state index contributed by atoms with van der Waals surface area (Å²) < 4.78 is 5.87.